The molecular weight excluding hydrogens is 382 g/mol. The Morgan fingerprint density at radius 3 is 2.60 bits per heavy atom. The number of hydrogen-bond acceptors (Lipinski definition) is 5. The number of nitrogens with zero attached hydrogens (tertiary/aromatic N) is 2. The van der Waals surface area contributed by atoms with Gasteiger partial charge in [-0.1, -0.05) is 12.1 Å². The number of amides is 1. The molecule has 0 unspecified atom stereocenters. The van der Waals surface area contributed by atoms with Crippen molar-refractivity contribution < 1.29 is 19.1 Å². The molecule has 30 heavy (non-hydrogen) atoms. The summed E-state index contributed by atoms with van der Waals surface area (Å²) in [6.45, 7) is 0. The van der Waals surface area contributed by atoms with Gasteiger partial charge in [-0.3, -0.25) is 14.6 Å². The molecule has 0 radical (unpaired) electrons. The van der Waals surface area contributed by atoms with Gasteiger partial charge in [0.25, 0.3) is 11.7 Å². The topological polar surface area (TPSA) is 81.9 Å². The van der Waals surface area contributed by atoms with Crippen LogP contribution < -0.4 is 14.8 Å². The highest BCUT2D eigenvalue weighted by Gasteiger charge is 2.25. The number of ether oxygens (including phenoxy) is 2. The minimum Gasteiger partial charge on any atom is -0.497 e. The van der Waals surface area contributed by atoms with Gasteiger partial charge in [0.1, 0.15) is 17.2 Å². The molecule has 4 rings (SSSR count). The van der Waals surface area contributed by atoms with E-state index in [1.54, 1.807) is 53.3 Å². The summed E-state index contributed by atoms with van der Waals surface area (Å²) in [5.74, 6) is -0.471. The van der Waals surface area contributed by atoms with Crippen molar-refractivity contribution >= 4 is 22.9 Å². The lowest BCUT2D eigenvalue weighted by molar-refractivity contribution is -0.112. The highest BCUT2D eigenvalue weighted by atomic mass is 16.5. The quantitative estimate of drug-likeness (QED) is 0.392. The van der Waals surface area contributed by atoms with Gasteiger partial charge in [0.2, 0.25) is 0 Å². The van der Waals surface area contributed by atoms with Crippen LogP contribution in [0.1, 0.15) is 10.5 Å². The minimum atomic E-state index is -0.771. The second-order valence-corrected chi connectivity index (χ2v) is 6.49. The number of carbonyl (C=O) groups is 2. The van der Waals surface area contributed by atoms with Crippen LogP contribution in [0.5, 0.6) is 11.5 Å². The Morgan fingerprint density at radius 2 is 1.87 bits per heavy atom. The van der Waals surface area contributed by atoms with Crippen LogP contribution in [-0.2, 0) is 4.79 Å². The first-order chi connectivity index (χ1) is 14.6. The van der Waals surface area contributed by atoms with Crippen LogP contribution in [0.4, 0.5) is 5.69 Å². The third-order valence-electron chi connectivity index (χ3n) is 4.73. The molecule has 7 heteroatoms. The van der Waals surface area contributed by atoms with E-state index in [0.29, 0.717) is 22.7 Å². The van der Waals surface area contributed by atoms with Crippen LogP contribution >= 0.6 is 0 Å². The number of rotatable bonds is 6. The van der Waals surface area contributed by atoms with Crippen molar-refractivity contribution in [1.82, 2.24) is 9.38 Å². The molecule has 4 aromatic rings. The van der Waals surface area contributed by atoms with Gasteiger partial charge in [-0.05, 0) is 36.4 Å². The summed E-state index contributed by atoms with van der Waals surface area (Å²) in [6.07, 6.45) is 5.07. The van der Waals surface area contributed by atoms with Gasteiger partial charge in [0.05, 0.1) is 19.9 Å². The van der Waals surface area contributed by atoms with Crippen molar-refractivity contribution in [1.29, 1.82) is 0 Å². The predicted octanol–water partition coefficient (Wildman–Crippen LogP) is 3.84. The van der Waals surface area contributed by atoms with Crippen molar-refractivity contribution in [3.63, 3.8) is 0 Å². The van der Waals surface area contributed by atoms with E-state index in [-0.39, 0.29) is 5.69 Å². The molecule has 7 nitrogen and oxygen atoms in total. The second kappa shape index (κ2) is 8.08. The molecule has 0 saturated carbocycles. The van der Waals surface area contributed by atoms with Gasteiger partial charge in [0.15, 0.2) is 0 Å². The van der Waals surface area contributed by atoms with Gasteiger partial charge < -0.3 is 19.2 Å². The molecule has 0 fully saturated rings. The number of methoxy groups -OCH3 is 2. The molecule has 3 aromatic heterocycles. The van der Waals surface area contributed by atoms with Gasteiger partial charge in [0, 0.05) is 41.3 Å². The van der Waals surface area contributed by atoms with Gasteiger partial charge in [-0.2, -0.15) is 0 Å². The lowest BCUT2D eigenvalue weighted by Crippen LogP contribution is -2.25. The van der Waals surface area contributed by atoms with Crippen molar-refractivity contribution in [3.8, 4) is 22.6 Å². The Morgan fingerprint density at radius 1 is 1.00 bits per heavy atom. The summed E-state index contributed by atoms with van der Waals surface area (Å²) in [5, 5.41) is 2.65. The number of benzene rings is 1. The van der Waals surface area contributed by atoms with Crippen LogP contribution in [-0.4, -0.2) is 35.3 Å². The molecule has 0 bridgehead atoms. The maximum absolute atomic E-state index is 13.2. The maximum Gasteiger partial charge on any atom is 0.298 e. The third-order valence-corrected chi connectivity index (χ3v) is 4.73. The summed E-state index contributed by atoms with van der Waals surface area (Å²) in [5.41, 5.74) is 2.83. The fourth-order valence-corrected chi connectivity index (χ4v) is 3.29. The SMILES string of the molecule is COc1ccc(NC(=O)C(=O)c2c(-c3cccnc3)cc3ccccn23)c(OC)c1. The van der Waals surface area contributed by atoms with E-state index in [1.165, 1.54) is 14.2 Å². The van der Waals surface area contributed by atoms with E-state index in [0.717, 1.165) is 11.1 Å². The molecule has 0 atom stereocenters. The first-order valence-electron chi connectivity index (χ1n) is 9.20. The molecule has 1 N–H and O–H groups in total. The highest BCUT2D eigenvalue weighted by molar-refractivity contribution is 6.47. The smallest absolute Gasteiger partial charge is 0.298 e. The number of aromatic nitrogens is 2. The molecular formula is C23H19N3O4. The summed E-state index contributed by atoms with van der Waals surface area (Å²) in [4.78, 5) is 30.2. The number of hydrogen-bond donors (Lipinski definition) is 1. The molecule has 0 saturated heterocycles. The van der Waals surface area contributed by atoms with E-state index in [4.69, 9.17) is 9.47 Å². The third kappa shape index (κ3) is 3.48. The largest absolute Gasteiger partial charge is 0.497 e. The number of carbonyl (C=O) groups excluding carboxylic acids is 2. The number of pyridine rings is 2. The van der Waals surface area contributed by atoms with Crippen molar-refractivity contribution in [2.75, 3.05) is 19.5 Å². The summed E-state index contributed by atoms with van der Waals surface area (Å²) < 4.78 is 12.2. The first kappa shape index (κ1) is 19.2. The number of anilines is 1. The second-order valence-electron chi connectivity index (χ2n) is 6.49. The zero-order valence-electron chi connectivity index (χ0n) is 16.5. The van der Waals surface area contributed by atoms with Gasteiger partial charge in [-0.15, -0.1) is 0 Å². The lowest BCUT2D eigenvalue weighted by atomic mass is 10.1. The van der Waals surface area contributed by atoms with Crippen LogP contribution in [0.25, 0.3) is 16.6 Å². The fourth-order valence-electron chi connectivity index (χ4n) is 3.29. The molecule has 0 aliphatic rings. The maximum atomic E-state index is 13.2. The van der Waals surface area contributed by atoms with E-state index >= 15 is 0 Å². The molecule has 0 aliphatic carbocycles. The van der Waals surface area contributed by atoms with Gasteiger partial charge in [-0.25, -0.2) is 0 Å². The average molecular weight is 401 g/mol. The van der Waals surface area contributed by atoms with E-state index in [9.17, 15) is 9.59 Å². The van der Waals surface area contributed by atoms with Crippen molar-refractivity contribution in [3.05, 3.63) is 78.9 Å². The number of fused-ring (bicyclic) bond motifs is 1. The Balaban J connectivity index is 1.74. The van der Waals surface area contributed by atoms with E-state index in [1.807, 2.05) is 24.3 Å². The van der Waals surface area contributed by atoms with Crippen molar-refractivity contribution in [2.45, 2.75) is 0 Å². The molecule has 1 aromatic carbocycles. The molecule has 3 heterocycles. The molecule has 0 aliphatic heterocycles. The number of Topliss-reactive ketones (excluding diaryl/α,β-unsaturated/α-hetero) is 1. The fraction of sp³-hybridized carbons (Fsp3) is 0.0870. The van der Waals surface area contributed by atoms with Crippen LogP contribution in [0, 0.1) is 0 Å². The van der Waals surface area contributed by atoms with E-state index < -0.39 is 11.7 Å². The van der Waals surface area contributed by atoms with E-state index in [2.05, 4.69) is 10.3 Å². The first-order valence-corrected chi connectivity index (χ1v) is 9.20. The zero-order valence-corrected chi connectivity index (χ0v) is 16.5. The van der Waals surface area contributed by atoms with Crippen molar-refractivity contribution in [2.24, 2.45) is 0 Å². The Bertz CT molecular complexity index is 1230. The molecule has 150 valence electrons. The Hall–Kier alpha value is -4.13. The average Bonchev–Trinajstić information content (AvgIpc) is 3.19. The van der Waals surface area contributed by atoms with Gasteiger partial charge >= 0.3 is 0 Å². The zero-order chi connectivity index (χ0) is 21.1. The minimum absolute atomic E-state index is 0.267. The Kier molecular flexibility index (Phi) is 5.17. The number of ketones is 1. The summed E-state index contributed by atoms with van der Waals surface area (Å²) in [6, 6.07) is 16.0. The summed E-state index contributed by atoms with van der Waals surface area (Å²) >= 11 is 0. The molecule has 0 spiro atoms. The molecule has 1 amide bonds. The monoisotopic (exact) mass is 401 g/mol. The lowest BCUT2D eigenvalue weighted by Gasteiger charge is -2.12. The van der Waals surface area contributed by atoms with Crippen LogP contribution in [0.2, 0.25) is 0 Å². The van der Waals surface area contributed by atoms with Crippen LogP contribution in [0.3, 0.4) is 0 Å². The summed E-state index contributed by atoms with van der Waals surface area (Å²) in [7, 11) is 3.02. The number of nitrogens with one attached hydrogen (secondary N) is 1. The Labute approximate surface area is 172 Å². The highest BCUT2D eigenvalue weighted by Crippen LogP contribution is 2.31. The normalized spacial score (nSPS) is 10.6. The van der Waals surface area contributed by atoms with Crippen LogP contribution in [0.15, 0.2) is 73.2 Å². The standard InChI is InChI=1S/C23H19N3O4/c1-29-17-8-9-19(20(13-17)30-2)25-23(28)22(27)21-18(15-6-5-10-24-14-15)12-16-7-3-4-11-26(16)21/h3-14H,1-2H3,(H,25,28). The predicted molar refractivity (Wildman–Crippen MR) is 113 cm³/mol.